The molecule has 0 bridgehead atoms. The summed E-state index contributed by atoms with van der Waals surface area (Å²) in [5, 5.41) is 10.2. The van der Waals surface area contributed by atoms with Crippen LogP contribution in [0.4, 0.5) is 0 Å². The fourth-order valence-corrected chi connectivity index (χ4v) is 3.76. The van der Waals surface area contributed by atoms with Crippen molar-refractivity contribution in [3.8, 4) is 5.75 Å². The molecule has 0 fully saturated rings. The smallest absolute Gasteiger partial charge is 0.240 e. The maximum absolute atomic E-state index is 12.4. The molecule has 0 heterocycles. The Kier molecular flexibility index (Phi) is 27.5. The van der Waals surface area contributed by atoms with Gasteiger partial charge in [-0.3, -0.25) is 9.59 Å². The van der Waals surface area contributed by atoms with Crippen molar-refractivity contribution in [2.45, 2.75) is 73.8 Å². The van der Waals surface area contributed by atoms with Gasteiger partial charge in [-0.25, -0.2) is 0 Å². The summed E-state index contributed by atoms with van der Waals surface area (Å²) in [6, 6.07) is 12.9. The summed E-state index contributed by atoms with van der Waals surface area (Å²) in [6.07, 6.45) is 3.79. The lowest BCUT2D eigenvalue weighted by Gasteiger charge is -2.27. The van der Waals surface area contributed by atoms with E-state index in [9.17, 15) is 14.4 Å². The second-order valence-corrected chi connectivity index (χ2v) is 10.9. The molecule has 44 heavy (non-hydrogen) atoms. The predicted octanol–water partition coefficient (Wildman–Crippen LogP) is 6.49. The van der Waals surface area contributed by atoms with Crippen LogP contribution in [0.5, 0.6) is 5.75 Å². The molecule has 8 nitrogen and oxygen atoms in total. The second-order valence-electron chi connectivity index (χ2n) is 9.99. The number of nitrogens with zero attached hydrogens (tertiary/aromatic N) is 1. The number of unbranched alkanes of at least 4 members (excludes halogenated alkanes) is 1. The van der Waals surface area contributed by atoms with Crippen molar-refractivity contribution in [3.05, 3.63) is 63.6 Å². The molecule has 250 valence electrons. The number of carbonyl (C=O) groups is 3. The van der Waals surface area contributed by atoms with Gasteiger partial charge in [0.25, 0.3) is 0 Å². The molecule has 2 aromatic carbocycles. The molecule has 2 rings (SSSR count). The average Bonchev–Trinajstić information content (AvgIpc) is 3.01. The van der Waals surface area contributed by atoms with Gasteiger partial charge in [-0.1, -0.05) is 94.4 Å². The molecule has 2 atom stereocenters. The highest BCUT2D eigenvalue weighted by molar-refractivity contribution is 6.30. The predicted molar refractivity (Wildman–Crippen MR) is 186 cm³/mol. The van der Waals surface area contributed by atoms with Gasteiger partial charge in [-0.05, 0) is 63.1 Å². The summed E-state index contributed by atoms with van der Waals surface area (Å²) in [5.41, 5.74) is 2.26. The lowest BCUT2D eigenvalue weighted by molar-refractivity contribution is -0.135. The van der Waals surface area contributed by atoms with E-state index in [1.54, 1.807) is 20.2 Å². The zero-order valence-electron chi connectivity index (χ0n) is 28.3. The summed E-state index contributed by atoms with van der Waals surface area (Å²) in [4.78, 5) is 35.2. The van der Waals surface area contributed by atoms with Crippen LogP contribution in [0.3, 0.4) is 0 Å². The van der Waals surface area contributed by atoms with E-state index >= 15 is 0 Å². The van der Waals surface area contributed by atoms with Gasteiger partial charge in [0.15, 0.2) is 0 Å². The van der Waals surface area contributed by atoms with E-state index in [1.165, 1.54) is 10.5 Å². The highest BCUT2D eigenvalue weighted by Gasteiger charge is 2.26. The average molecular weight is 656 g/mol. The summed E-state index contributed by atoms with van der Waals surface area (Å²) in [5.74, 6) is 0.916. The molecule has 10 heteroatoms. The number of benzene rings is 2. The number of amides is 2. The largest absolute Gasteiger partial charge is 0.492 e. The van der Waals surface area contributed by atoms with Gasteiger partial charge in [0.1, 0.15) is 18.6 Å². The number of halogens is 2. The SMILES string of the molecule is CC.CCC(C)C(NCCOc1cc(Cl)ccc1C)C(=O)N(C)CC=O.CCCCNC(=O)CNC.Cc1ccc(Cl)cc1. The first-order chi connectivity index (χ1) is 21.0. The van der Waals surface area contributed by atoms with Crippen LogP contribution in [-0.2, 0) is 14.4 Å². The summed E-state index contributed by atoms with van der Waals surface area (Å²) in [6.45, 7) is 16.4. The molecule has 2 unspecified atom stereocenters. The van der Waals surface area contributed by atoms with E-state index in [0.29, 0.717) is 24.7 Å². The van der Waals surface area contributed by atoms with E-state index in [4.69, 9.17) is 27.9 Å². The molecule has 0 aromatic heterocycles. The van der Waals surface area contributed by atoms with Gasteiger partial charge >= 0.3 is 0 Å². The fraction of sp³-hybridized carbons (Fsp3) is 0.559. The Labute approximate surface area is 276 Å². The number of rotatable bonds is 15. The molecule has 0 saturated heterocycles. The Bertz CT molecular complexity index is 1020. The van der Waals surface area contributed by atoms with E-state index in [1.807, 2.05) is 77.9 Å². The number of aldehydes is 1. The third kappa shape index (κ3) is 21.1. The molecule has 0 aliphatic heterocycles. The Morgan fingerprint density at radius 3 is 2.14 bits per heavy atom. The quantitative estimate of drug-likeness (QED) is 0.150. The zero-order valence-corrected chi connectivity index (χ0v) is 29.8. The molecule has 2 amide bonds. The van der Waals surface area contributed by atoms with Crippen LogP contribution in [0.15, 0.2) is 42.5 Å². The summed E-state index contributed by atoms with van der Waals surface area (Å²) < 4.78 is 5.74. The van der Waals surface area contributed by atoms with Gasteiger partial charge in [0.2, 0.25) is 11.8 Å². The van der Waals surface area contributed by atoms with Crippen LogP contribution in [-0.4, -0.2) is 75.9 Å². The first kappa shape index (κ1) is 43.5. The van der Waals surface area contributed by atoms with E-state index in [0.717, 1.165) is 48.4 Å². The van der Waals surface area contributed by atoms with E-state index < -0.39 is 0 Å². The first-order valence-corrected chi connectivity index (χ1v) is 16.2. The lowest BCUT2D eigenvalue weighted by atomic mass is 9.98. The molecule has 0 spiro atoms. The minimum Gasteiger partial charge on any atom is -0.492 e. The van der Waals surface area contributed by atoms with E-state index in [-0.39, 0.29) is 30.3 Å². The summed E-state index contributed by atoms with van der Waals surface area (Å²) >= 11 is 11.6. The molecule has 0 saturated carbocycles. The van der Waals surface area contributed by atoms with Crippen LogP contribution in [0.1, 0.15) is 65.0 Å². The highest BCUT2D eigenvalue weighted by Crippen LogP contribution is 2.22. The van der Waals surface area contributed by atoms with Gasteiger partial charge < -0.3 is 30.4 Å². The Balaban J connectivity index is 0. The third-order valence-corrected chi connectivity index (χ3v) is 6.77. The molecule has 0 radical (unpaired) electrons. The minimum absolute atomic E-state index is 0.0737. The van der Waals surface area contributed by atoms with Crippen LogP contribution >= 0.6 is 23.2 Å². The maximum atomic E-state index is 12.4. The molecule has 0 aliphatic rings. The van der Waals surface area contributed by atoms with Crippen molar-refractivity contribution in [3.63, 3.8) is 0 Å². The molecular weight excluding hydrogens is 599 g/mol. The van der Waals surface area contributed by atoms with Crippen molar-refractivity contribution < 1.29 is 19.1 Å². The van der Waals surface area contributed by atoms with E-state index in [2.05, 4.69) is 22.9 Å². The van der Waals surface area contributed by atoms with Crippen LogP contribution in [0.2, 0.25) is 10.0 Å². The van der Waals surface area contributed by atoms with Crippen molar-refractivity contribution in [1.82, 2.24) is 20.9 Å². The highest BCUT2D eigenvalue weighted by atomic mass is 35.5. The number of likely N-dealkylation sites (N-methyl/N-ethyl adjacent to an activating group) is 2. The monoisotopic (exact) mass is 654 g/mol. The van der Waals surface area contributed by atoms with Crippen LogP contribution in [0.25, 0.3) is 0 Å². The number of ether oxygens (including phenoxy) is 1. The number of aryl methyl sites for hydroxylation is 2. The minimum atomic E-state index is -0.330. The number of nitrogens with one attached hydrogen (secondary N) is 3. The molecule has 2 aromatic rings. The van der Waals surface area contributed by atoms with Crippen molar-refractivity contribution in [2.24, 2.45) is 5.92 Å². The maximum Gasteiger partial charge on any atom is 0.240 e. The Hall–Kier alpha value is -2.65. The normalized spacial score (nSPS) is 11.2. The van der Waals surface area contributed by atoms with Crippen LogP contribution in [0, 0.1) is 19.8 Å². The van der Waals surface area contributed by atoms with Gasteiger partial charge in [-0.2, -0.15) is 0 Å². The number of hydrogen-bond acceptors (Lipinski definition) is 6. The van der Waals surface area contributed by atoms with Gasteiger partial charge in [0, 0.05) is 30.2 Å². The van der Waals surface area contributed by atoms with Crippen molar-refractivity contribution in [1.29, 1.82) is 0 Å². The Morgan fingerprint density at radius 1 is 1.00 bits per heavy atom. The molecular formula is C34H56Cl2N4O4. The van der Waals surface area contributed by atoms with Crippen molar-refractivity contribution >= 4 is 41.3 Å². The fourth-order valence-electron chi connectivity index (χ4n) is 3.47. The second kappa shape index (κ2) is 27.9. The topological polar surface area (TPSA) is 99.8 Å². The first-order valence-electron chi connectivity index (χ1n) is 15.4. The lowest BCUT2D eigenvalue weighted by Crippen LogP contribution is -2.50. The Morgan fingerprint density at radius 2 is 1.61 bits per heavy atom. The van der Waals surface area contributed by atoms with Gasteiger partial charge in [0.05, 0.1) is 19.1 Å². The number of hydrogen-bond donors (Lipinski definition) is 3. The molecule has 3 N–H and O–H groups in total. The van der Waals surface area contributed by atoms with Crippen LogP contribution < -0.4 is 20.7 Å². The molecule has 0 aliphatic carbocycles. The van der Waals surface area contributed by atoms with Crippen molar-refractivity contribution in [2.75, 3.05) is 46.9 Å². The number of carbonyl (C=O) groups excluding carboxylic acids is 3. The zero-order chi connectivity index (χ0) is 33.9. The van der Waals surface area contributed by atoms with Gasteiger partial charge in [-0.15, -0.1) is 0 Å². The standard InChI is InChI=1S/C18H27ClN2O3.C7H7Cl.C7H16N2O.C2H6/c1-5-13(2)17(18(23)21(4)9-10-22)20-8-11-24-16-12-15(19)7-6-14(16)3;1-6-2-4-7(8)5-3-6;1-3-4-5-9-7(10)6-8-2;1-2/h6-7,10,12-13,17,20H,5,8-9,11H2,1-4H3;2-5H,1H3;8H,3-6H2,1-2H3,(H,9,10);1-2H3. The third-order valence-electron chi connectivity index (χ3n) is 6.28. The summed E-state index contributed by atoms with van der Waals surface area (Å²) in [7, 11) is 3.40.